The number of aryl methyl sites for hydroxylation is 1. The van der Waals surface area contributed by atoms with Crippen molar-refractivity contribution in [3.63, 3.8) is 0 Å². The molecule has 2 aliphatic carbocycles. The normalized spacial score (nSPS) is 23.5. The highest BCUT2D eigenvalue weighted by Crippen LogP contribution is 2.60. The van der Waals surface area contributed by atoms with Crippen LogP contribution in [-0.4, -0.2) is 20.0 Å². The Labute approximate surface area is 151 Å². The van der Waals surface area contributed by atoms with E-state index in [1.165, 1.54) is 11.6 Å². The summed E-state index contributed by atoms with van der Waals surface area (Å²) in [4.78, 5) is 0. The summed E-state index contributed by atoms with van der Waals surface area (Å²) >= 11 is 0. The molecule has 0 spiro atoms. The van der Waals surface area contributed by atoms with Crippen molar-refractivity contribution in [3.8, 4) is 11.3 Å². The van der Waals surface area contributed by atoms with Gasteiger partial charge in [0.05, 0.1) is 29.5 Å². The second-order valence-corrected chi connectivity index (χ2v) is 7.43. The predicted octanol–water partition coefficient (Wildman–Crippen LogP) is 4.17. The van der Waals surface area contributed by atoms with Crippen LogP contribution in [0.1, 0.15) is 35.6 Å². The van der Waals surface area contributed by atoms with Crippen LogP contribution in [0, 0.1) is 12.7 Å². The van der Waals surface area contributed by atoms with Gasteiger partial charge in [-0.05, 0) is 49.1 Å². The third kappa shape index (κ3) is 2.03. The van der Waals surface area contributed by atoms with E-state index in [0.29, 0.717) is 11.3 Å². The van der Waals surface area contributed by atoms with Gasteiger partial charge in [-0.1, -0.05) is 24.3 Å². The smallest absolute Gasteiger partial charge is 0.132 e. The number of aromatic nitrogens is 4. The van der Waals surface area contributed by atoms with E-state index in [2.05, 4.69) is 28.1 Å². The molecule has 1 fully saturated rings. The van der Waals surface area contributed by atoms with E-state index < -0.39 is 0 Å². The summed E-state index contributed by atoms with van der Waals surface area (Å²) in [6, 6.07) is 8.71. The van der Waals surface area contributed by atoms with E-state index in [9.17, 15) is 4.39 Å². The number of halogens is 1. The Morgan fingerprint density at radius 2 is 2.15 bits per heavy atom. The Kier molecular flexibility index (Phi) is 3.17. The molecule has 2 bridgehead atoms. The van der Waals surface area contributed by atoms with Crippen LogP contribution in [0.3, 0.4) is 0 Å². The molecule has 1 saturated carbocycles. The van der Waals surface area contributed by atoms with Crippen LogP contribution < -0.4 is 0 Å². The van der Waals surface area contributed by atoms with Crippen molar-refractivity contribution in [2.24, 2.45) is 0 Å². The summed E-state index contributed by atoms with van der Waals surface area (Å²) < 4.78 is 16.1. The molecule has 0 saturated heterocycles. The number of nitrogens with zero attached hydrogens (tertiary/aromatic N) is 4. The van der Waals surface area contributed by atoms with Crippen molar-refractivity contribution in [2.75, 3.05) is 0 Å². The molecule has 1 aromatic carbocycles. The van der Waals surface area contributed by atoms with Gasteiger partial charge in [0.2, 0.25) is 0 Å². The van der Waals surface area contributed by atoms with E-state index in [1.54, 1.807) is 12.1 Å². The molecule has 130 valence electrons. The standard InChI is InChI=1S/C21H19FN4/c1-13-10-23-26(11-13)12-21-8-7-15(14(21)2)17-9-19(24-25-20(17)21)16-5-3-4-6-18(16)22/h3-6,9-11,15H,2,7-8,12H2,1H3/t15-,21-/m0/s1. The predicted molar refractivity (Wildman–Crippen MR) is 97.2 cm³/mol. The van der Waals surface area contributed by atoms with Crippen molar-refractivity contribution in [1.29, 1.82) is 0 Å². The molecule has 2 atom stereocenters. The second kappa shape index (κ2) is 5.34. The molecular weight excluding hydrogens is 327 g/mol. The average Bonchev–Trinajstić information content (AvgIpc) is 3.26. The largest absolute Gasteiger partial charge is 0.271 e. The summed E-state index contributed by atoms with van der Waals surface area (Å²) in [5.41, 5.74) is 5.35. The summed E-state index contributed by atoms with van der Waals surface area (Å²) in [7, 11) is 0. The molecule has 4 nitrogen and oxygen atoms in total. The summed E-state index contributed by atoms with van der Waals surface area (Å²) in [6.07, 6.45) is 5.98. The van der Waals surface area contributed by atoms with Gasteiger partial charge in [-0.25, -0.2) is 4.39 Å². The molecule has 5 rings (SSSR count). The van der Waals surface area contributed by atoms with Crippen LogP contribution in [0.15, 0.2) is 54.9 Å². The molecule has 2 aliphatic rings. The Morgan fingerprint density at radius 1 is 1.31 bits per heavy atom. The van der Waals surface area contributed by atoms with Gasteiger partial charge < -0.3 is 0 Å². The third-order valence-electron chi connectivity index (χ3n) is 5.89. The minimum Gasteiger partial charge on any atom is -0.271 e. The van der Waals surface area contributed by atoms with Gasteiger partial charge in [0.15, 0.2) is 0 Å². The average molecular weight is 346 g/mol. The lowest BCUT2D eigenvalue weighted by Crippen LogP contribution is -2.30. The SMILES string of the molecule is C=C1[C@@H]2CC[C@@]1(Cn1cc(C)cn1)c1nnc(-c3ccccc3F)cc12. The highest BCUT2D eigenvalue weighted by atomic mass is 19.1. The van der Waals surface area contributed by atoms with Gasteiger partial charge in [-0.2, -0.15) is 15.3 Å². The topological polar surface area (TPSA) is 43.6 Å². The number of allylic oxidation sites excluding steroid dienone is 1. The first kappa shape index (κ1) is 15.4. The third-order valence-corrected chi connectivity index (χ3v) is 5.89. The lowest BCUT2D eigenvalue weighted by molar-refractivity contribution is 0.393. The van der Waals surface area contributed by atoms with Gasteiger partial charge >= 0.3 is 0 Å². The Morgan fingerprint density at radius 3 is 2.92 bits per heavy atom. The Balaban J connectivity index is 1.60. The van der Waals surface area contributed by atoms with Crippen molar-refractivity contribution in [1.82, 2.24) is 20.0 Å². The van der Waals surface area contributed by atoms with E-state index in [-0.39, 0.29) is 17.2 Å². The molecule has 2 heterocycles. The minimum absolute atomic E-state index is 0.209. The first-order valence-electron chi connectivity index (χ1n) is 8.90. The van der Waals surface area contributed by atoms with E-state index in [4.69, 9.17) is 0 Å². The van der Waals surface area contributed by atoms with Crippen molar-refractivity contribution in [2.45, 2.75) is 37.6 Å². The quantitative estimate of drug-likeness (QED) is 0.669. The second-order valence-electron chi connectivity index (χ2n) is 7.43. The van der Waals surface area contributed by atoms with Gasteiger partial charge in [0, 0.05) is 17.7 Å². The first-order valence-corrected chi connectivity index (χ1v) is 8.90. The maximum atomic E-state index is 14.2. The monoisotopic (exact) mass is 346 g/mol. The summed E-state index contributed by atoms with van der Waals surface area (Å²) in [5.74, 6) is 0.00754. The summed E-state index contributed by atoms with van der Waals surface area (Å²) in [5, 5.41) is 13.4. The zero-order valence-corrected chi connectivity index (χ0v) is 14.6. The molecule has 5 heteroatoms. The number of rotatable bonds is 3. The van der Waals surface area contributed by atoms with Gasteiger partial charge in [-0.3, -0.25) is 4.68 Å². The lowest BCUT2D eigenvalue weighted by atomic mass is 9.81. The minimum atomic E-state index is -0.273. The van der Waals surface area contributed by atoms with Crippen LogP contribution in [-0.2, 0) is 12.0 Å². The van der Waals surface area contributed by atoms with Crippen molar-refractivity contribution in [3.05, 3.63) is 77.5 Å². The fourth-order valence-corrected chi connectivity index (χ4v) is 4.60. The van der Waals surface area contributed by atoms with Gasteiger partial charge in [-0.15, -0.1) is 0 Å². The van der Waals surface area contributed by atoms with Gasteiger partial charge in [0.1, 0.15) is 5.82 Å². The zero-order chi connectivity index (χ0) is 17.9. The van der Waals surface area contributed by atoms with Crippen molar-refractivity contribution >= 4 is 0 Å². The van der Waals surface area contributed by atoms with Crippen LogP contribution in [0.4, 0.5) is 4.39 Å². The molecule has 2 aromatic heterocycles. The molecule has 0 unspecified atom stereocenters. The van der Waals surface area contributed by atoms with Crippen LogP contribution >= 0.6 is 0 Å². The Bertz CT molecular complexity index is 1040. The fourth-order valence-electron chi connectivity index (χ4n) is 4.60. The number of hydrogen-bond donors (Lipinski definition) is 0. The number of benzene rings is 1. The Hall–Kier alpha value is -2.82. The van der Waals surface area contributed by atoms with E-state index in [0.717, 1.165) is 36.2 Å². The van der Waals surface area contributed by atoms with Crippen molar-refractivity contribution < 1.29 is 4.39 Å². The maximum Gasteiger partial charge on any atom is 0.132 e. The molecular formula is C21H19FN4. The summed E-state index contributed by atoms with van der Waals surface area (Å²) in [6.45, 7) is 7.18. The highest BCUT2D eigenvalue weighted by molar-refractivity contribution is 5.64. The van der Waals surface area contributed by atoms with E-state index >= 15 is 0 Å². The van der Waals surface area contributed by atoms with Crippen LogP contribution in [0.25, 0.3) is 11.3 Å². The lowest BCUT2D eigenvalue weighted by Gasteiger charge is -2.27. The molecule has 0 radical (unpaired) electrons. The molecule has 0 aliphatic heterocycles. The molecule has 3 aromatic rings. The maximum absolute atomic E-state index is 14.2. The number of fused-ring (bicyclic) bond motifs is 5. The molecule has 0 amide bonds. The number of hydrogen-bond acceptors (Lipinski definition) is 3. The van der Waals surface area contributed by atoms with Crippen LogP contribution in [0.5, 0.6) is 0 Å². The zero-order valence-electron chi connectivity index (χ0n) is 14.6. The molecule has 26 heavy (non-hydrogen) atoms. The van der Waals surface area contributed by atoms with E-state index in [1.807, 2.05) is 29.9 Å². The highest BCUT2D eigenvalue weighted by Gasteiger charge is 2.54. The fraction of sp³-hybridized carbons (Fsp3) is 0.286. The first-order chi connectivity index (χ1) is 12.6. The van der Waals surface area contributed by atoms with Crippen LogP contribution in [0.2, 0.25) is 0 Å². The van der Waals surface area contributed by atoms with Gasteiger partial charge in [0.25, 0.3) is 0 Å². The molecule has 0 N–H and O–H groups in total.